The van der Waals surface area contributed by atoms with E-state index in [0.29, 0.717) is 58.5 Å². The first-order chi connectivity index (χ1) is 17.7. The molecule has 2 unspecified atom stereocenters. The fraction of sp³-hybridized carbons (Fsp3) is 0.600. The van der Waals surface area contributed by atoms with E-state index in [-0.39, 0.29) is 24.5 Å². The molecule has 12 heteroatoms. The Morgan fingerprint density at radius 2 is 1.84 bits per heavy atom. The summed E-state index contributed by atoms with van der Waals surface area (Å²) in [4.78, 5) is 28.6. The van der Waals surface area contributed by atoms with Gasteiger partial charge in [0.1, 0.15) is 12.2 Å². The number of likely N-dealkylation sites (tertiary alicyclic amines) is 1. The number of alkyl halides is 3. The molecule has 2 atom stereocenters. The summed E-state index contributed by atoms with van der Waals surface area (Å²) in [6, 6.07) is 1.68. The van der Waals surface area contributed by atoms with Crippen molar-refractivity contribution in [2.24, 2.45) is 5.92 Å². The number of hydrogen-bond donors (Lipinski definition) is 0. The molecular weight excluding hydrogens is 491 g/mol. The van der Waals surface area contributed by atoms with E-state index in [2.05, 4.69) is 17.0 Å². The summed E-state index contributed by atoms with van der Waals surface area (Å²) in [5.41, 5.74) is -0.904. The molecule has 0 radical (unpaired) electrons. The van der Waals surface area contributed by atoms with Crippen LogP contribution in [0.3, 0.4) is 0 Å². The summed E-state index contributed by atoms with van der Waals surface area (Å²) >= 11 is 0. The van der Waals surface area contributed by atoms with E-state index in [4.69, 9.17) is 10.00 Å². The molecule has 0 aromatic carbocycles. The molecule has 1 amide bonds. The number of carbonyl (C=O) groups excluding carboxylic acids is 1. The number of nitriles is 1. The van der Waals surface area contributed by atoms with Crippen molar-refractivity contribution in [3.63, 3.8) is 0 Å². The average molecular weight is 522 g/mol. The third-order valence-electron chi connectivity index (χ3n) is 7.37. The van der Waals surface area contributed by atoms with E-state index in [0.717, 1.165) is 11.8 Å². The number of rotatable bonds is 6. The molecule has 4 aliphatic rings. The largest absolute Gasteiger partial charge is 0.419 e. The molecule has 0 N–H and O–H groups in total. The minimum atomic E-state index is -4.75. The summed E-state index contributed by atoms with van der Waals surface area (Å²) in [7, 11) is 0. The van der Waals surface area contributed by atoms with Crippen LogP contribution in [0, 0.1) is 27.4 Å². The van der Waals surface area contributed by atoms with E-state index in [1.807, 2.05) is 17.1 Å². The fourth-order valence-corrected chi connectivity index (χ4v) is 5.18. The zero-order valence-electron chi connectivity index (χ0n) is 20.4. The van der Waals surface area contributed by atoms with Crippen molar-refractivity contribution in [2.45, 2.75) is 44.0 Å². The Morgan fingerprint density at radius 1 is 1.14 bits per heavy atom. The molecule has 0 aromatic rings. The summed E-state index contributed by atoms with van der Waals surface area (Å²) in [5, 5.41) is 20.0. The highest BCUT2D eigenvalue weighted by Gasteiger charge is 2.44. The van der Waals surface area contributed by atoms with Gasteiger partial charge >= 0.3 is 6.18 Å². The Hall–Kier alpha value is -3.17. The highest BCUT2D eigenvalue weighted by molar-refractivity contribution is 5.77. The quantitative estimate of drug-likeness (QED) is 0.391. The lowest BCUT2D eigenvalue weighted by atomic mass is 9.94. The van der Waals surface area contributed by atoms with Crippen LogP contribution in [-0.2, 0) is 9.53 Å². The van der Waals surface area contributed by atoms with E-state index >= 15 is 0 Å². The maximum absolute atomic E-state index is 13.3. The van der Waals surface area contributed by atoms with Gasteiger partial charge in [-0.3, -0.25) is 19.8 Å². The fourth-order valence-electron chi connectivity index (χ4n) is 5.18. The topological polar surface area (TPSA) is 103 Å². The van der Waals surface area contributed by atoms with Gasteiger partial charge in [0.05, 0.1) is 23.0 Å². The first-order valence-electron chi connectivity index (χ1n) is 12.4. The summed E-state index contributed by atoms with van der Waals surface area (Å²) in [6.45, 7) is 3.53. The van der Waals surface area contributed by atoms with Gasteiger partial charge in [-0.1, -0.05) is 18.2 Å². The zero-order valence-corrected chi connectivity index (χ0v) is 20.4. The molecular formula is C25H30F3N5O4. The van der Waals surface area contributed by atoms with Gasteiger partial charge in [-0.2, -0.15) is 18.4 Å². The third-order valence-corrected chi connectivity index (χ3v) is 7.37. The molecule has 0 bridgehead atoms. The van der Waals surface area contributed by atoms with Crippen molar-refractivity contribution in [1.29, 1.82) is 5.26 Å². The number of nitrogens with zero attached hydrogens (tertiary/aromatic N) is 5. The molecule has 2 fully saturated rings. The van der Waals surface area contributed by atoms with Gasteiger partial charge in [-0.05, 0) is 25.3 Å². The van der Waals surface area contributed by atoms with E-state index in [1.54, 1.807) is 4.90 Å². The second kappa shape index (κ2) is 11.5. The lowest BCUT2D eigenvalue weighted by molar-refractivity contribution is -0.422. The molecule has 4 rings (SSSR count). The molecule has 9 nitrogen and oxygen atoms in total. The van der Waals surface area contributed by atoms with Crippen LogP contribution < -0.4 is 0 Å². The number of halogens is 3. The van der Waals surface area contributed by atoms with Crippen LogP contribution in [0.15, 0.2) is 47.3 Å². The van der Waals surface area contributed by atoms with Gasteiger partial charge in [0.15, 0.2) is 0 Å². The molecule has 200 valence electrons. The second-order valence-electron chi connectivity index (χ2n) is 9.62. The molecule has 0 saturated carbocycles. The molecule has 37 heavy (non-hydrogen) atoms. The SMILES string of the molecule is N#CC1C=CC(N2CCN(C(=O)COC3CCN(C4C=CC([N+](=O)[O-])=C(C(F)(F)F)C4)CC3)CC2)=CC1. The number of piperidine rings is 1. The molecule has 2 heterocycles. The van der Waals surface area contributed by atoms with Gasteiger partial charge in [-0.15, -0.1) is 0 Å². The second-order valence-corrected chi connectivity index (χ2v) is 9.62. The Bertz CT molecular complexity index is 1050. The van der Waals surface area contributed by atoms with Crippen LogP contribution in [0.2, 0.25) is 0 Å². The smallest absolute Gasteiger partial charge is 0.368 e. The highest BCUT2D eigenvalue weighted by atomic mass is 19.4. The Kier molecular flexibility index (Phi) is 8.34. The van der Waals surface area contributed by atoms with Crippen LogP contribution in [0.25, 0.3) is 0 Å². The number of hydrogen-bond acceptors (Lipinski definition) is 7. The summed E-state index contributed by atoms with van der Waals surface area (Å²) in [5.74, 6) is -0.160. The number of amides is 1. The van der Waals surface area contributed by atoms with Crippen LogP contribution in [0.5, 0.6) is 0 Å². The standard InChI is InChI=1S/C25H30F3N5O4/c26-25(27,28)22-15-20(5-6-23(22)33(35)36)30-9-7-21(8-10-30)37-17-24(34)32-13-11-31(12-14-32)19-3-1-18(16-29)2-4-19/h1,3-6,18,20-21H,2,7-15,17H2. The number of piperazine rings is 1. The maximum Gasteiger partial charge on any atom is 0.419 e. The molecule has 2 aliphatic carbocycles. The zero-order chi connectivity index (χ0) is 26.6. The maximum atomic E-state index is 13.3. The first-order valence-corrected chi connectivity index (χ1v) is 12.4. The van der Waals surface area contributed by atoms with E-state index in [1.165, 1.54) is 6.08 Å². The number of allylic oxidation sites excluding steroid dienone is 4. The molecule has 0 spiro atoms. The van der Waals surface area contributed by atoms with Crippen molar-refractivity contribution >= 4 is 5.91 Å². The minimum absolute atomic E-state index is 0.0341. The molecule has 2 saturated heterocycles. The Morgan fingerprint density at radius 3 is 2.41 bits per heavy atom. The minimum Gasteiger partial charge on any atom is -0.368 e. The van der Waals surface area contributed by atoms with Gasteiger partial charge in [0, 0.05) is 63.5 Å². The lowest BCUT2D eigenvalue weighted by Gasteiger charge is -2.38. The van der Waals surface area contributed by atoms with E-state index in [9.17, 15) is 28.1 Å². The highest BCUT2D eigenvalue weighted by Crippen LogP contribution is 2.36. The lowest BCUT2D eigenvalue weighted by Crippen LogP contribution is -2.49. The van der Waals surface area contributed by atoms with Gasteiger partial charge < -0.3 is 14.5 Å². The van der Waals surface area contributed by atoms with Gasteiger partial charge in [0.25, 0.3) is 5.70 Å². The normalized spacial score (nSPS) is 25.7. The number of nitro groups is 1. The molecule has 2 aliphatic heterocycles. The van der Waals surface area contributed by atoms with Gasteiger partial charge in [-0.25, -0.2) is 0 Å². The van der Waals surface area contributed by atoms with Crippen LogP contribution in [0.4, 0.5) is 13.2 Å². The first kappa shape index (κ1) is 26.9. The number of ether oxygens (including phenoxy) is 1. The van der Waals surface area contributed by atoms with Crippen LogP contribution in [-0.4, -0.2) is 89.7 Å². The molecule has 0 aromatic heterocycles. The van der Waals surface area contributed by atoms with Crippen molar-refractivity contribution < 1.29 is 27.6 Å². The summed E-state index contributed by atoms with van der Waals surface area (Å²) < 4.78 is 45.9. The van der Waals surface area contributed by atoms with Crippen molar-refractivity contribution in [3.8, 4) is 6.07 Å². The summed E-state index contributed by atoms with van der Waals surface area (Å²) in [6.07, 6.45) is 4.86. The average Bonchev–Trinajstić information content (AvgIpc) is 2.91. The van der Waals surface area contributed by atoms with Crippen LogP contribution in [0.1, 0.15) is 25.7 Å². The van der Waals surface area contributed by atoms with Crippen LogP contribution >= 0.6 is 0 Å². The van der Waals surface area contributed by atoms with E-state index < -0.39 is 34.8 Å². The van der Waals surface area contributed by atoms with Crippen molar-refractivity contribution in [3.05, 3.63) is 57.5 Å². The Balaban J connectivity index is 1.18. The third kappa shape index (κ3) is 6.59. The van der Waals surface area contributed by atoms with Crippen molar-refractivity contribution in [2.75, 3.05) is 45.9 Å². The van der Waals surface area contributed by atoms with Gasteiger partial charge in [0.2, 0.25) is 5.91 Å². The predicted octanol–water partition coefficient (Wildman–Crippen LogP) is 3.02. The predicted molar refractivity (Wildman–Crippen MR) is 127 cm³/mol. The van der Waals surface area contributed by atoms with Crippen molar-refractivity contribution in [1.82, 2.24) is 14.7 Å². The number of carbonyl (C=O) groups is 1. The Labute approximate surface area is 213 Å². The monoisotopic (exact) mass is 521 g/mol.